The van der Waals surface area contributed by atoms with Crippen LogP contribution in [0.25, 0.3) is 10.9 Å². The van der Waals surface area contributed by atoms with Crippen LogP contribution in [-0.4, -0.2) is 85.2 Å². The van der Waals surface area contributed by atoms with Crippen LogP contribution >= 0.6 is 11.8 Å². The Kier molecular flexibility index (Phi) is 8.37. The zero-order chi connectivity index (χ0) is 27.4. The number of nitrogens with zero attached hydrogens (tertiary/aromatic N) is 4. The summed E-state index contributed by atoms with van der Waals surface area (Å²) in [6, 6.07) is 12.6. The maximum Gasteiger partial charge on any atom is 0.337 e. The second-order valence-electron chi connectivity index (χ2n) is 9.50. The van der Waals surface area contributed by atoms with Crippen molar-refractivity contribution in [2.24, 2.45) is 0 Å². The lowest BCUT2D eigenvalue weighted by molar-refractivity contribution is -0.128. The molecule has 5 rings (SSSR count). The van der Waals surface area contributed by atoms with E-state index in [-0.39, 0.29) is 23.3 Å². The minimum absolute atomic E-state index is 0.0130. The number of fused-ring (bicyclic) bond motifs is 1. The molecule has 0 bridgehead atoms. The van der Waals surface area contributed by atoms with Crippen molar-refractivity contribution >= 4 is 40.2 Å². The number of carbonyl (C=O) groups is 2. The van der Waals surface area contributed by atoms with E-state index in [1.165, 1.54) is 18.9 Å². The summed E-state index contributed by atoms with van der Waals surface area (Å²) in [4.78, 5) is 47.5. The summed E-state index contributed by atoms with van der Waals surface area (Å²) < 4.78 is 17.7. The number of methoxy groups -OCH3 is 2. The number of rotatable bonds is 8. The van der Waals surface area contributed by atoms with E-state index in [2.05, 4.69) is 4.90 Å². The number of hydrogen-bond acceptors (Lipinski definition) is 9. The van der Waals surface area contributed by atoms with Gasteiger partial charge in [0.25, 0.3) is 5.56 Å². The van der Waals surface area contributed by atoms with Crippen LogP contribution in [0.2, 0.25) is 0 Å². The fraction of sp³-hybridized carbons (Fsp3) is 0.429. The van der Waals surface area contributed by atoms with Gasteiger partial charge in [0.15, 0.2) is 5.16 Å². The van der Waals surface area contributed by atoms with Gasteiger partial charge in [-0.1, -0.05) is 23.9 Å². The van der Waals surface area contributed by atoms with Gasteiger partial charge in [0.05, 0.1) is 54.8 Å². The topological polar surface area (TPSA) is 103 Å². The molecule has 3 heterocycles. The smallest absolute Gasteiger partial charge is 0.337 e. The van der Waals surface area contributed by atoms with Crippen molar-refractivity contribution in [3.63, 3.8) is 0 Å². The lowest BCUT2D eigenvalue weighted by Gasteiger charge is -2.36. The molecule has 1 aromatic heterocycles. The van der Waals surface area contributed by atoms with Crippen LogP contribution in [0, 0.1) is 0 Å². The van der Waals surface area contributed by atoms with Crippen LogP contribution in [-0.2, 0) is 20.8 Å². The molecule has 0 radical (unpaired) electrons. The highest BCUT2D eigenvalue weighted by Crippen LogP contribution is 2.29. The van der Waals surface area contributed by atoms with Gasteiger partial charge < -0.3 is 24.0 Å². The summed E-state index contributed by atoms with van der Waals surface area (Å²) >= 11 is 1.24. The molecule has 206 valence electrons. The third-order valence-electron chi connectivity index (χ3n) is 7.13. The van der Waals surface area contributed by atoms with Gasteiger partial charge >= 0.3 is 5.97 Å². The summed E-state index contributed by atoms with van der Waals surface area (Å²) in [5.74, 6) is 0.448. The maximum absolute atomic E-state index is 13.5. The van der Waals surface area contributed by atoms with Gasteiger partial charge in [-0.25, -0.2) is 9.78 Å². The maximum atomic E-state index is 13.5. The molecule has 39 heavy (non-hydrogen) atoms. The van der Waals surface area contributed by atoms with E-state index in [9.17, 15) is 14.4 Å². The Hall–Kier alpha value is -3.57. The number of ether oxygens (including phenoxy) is 3. The number of amides is 1. The number of carbonyl (C=O) groups excluding carboxylic acids is 2. The molecule has 0 spiro atoms. The highest BCUT2D eigenvalue weighted by molar-refractivity contribution is 7.99. The van der Waals surface area contributed by atoms with Gasteiger partial charge in [-0.05, 0) is 43.2 Å². The Labute approximate surface area is 230 Å². The van der Waals surface area contributed by atoms with Crippen molar-refractivity contribution in [3.8, 4) is 5.75 Å². The first-order chi connectivity index (χ1) is 19.0. The molecule has 2 aromatic carbocycles. The van der Waals surface area contributed by atoms with Gasteiger partial charge in [0.2, 0.25) is 5.91 Å². The molecule has 11 heteroatoms. The molecule has 1 atom stereocenters. The van der Waals surface area contributed by atoms with Crippen molar-refractivity contribution in [2.75, 3.05) is 57.7 Å². The fourth-order valence-electron chi connectivity index (χ4n) is 5.01. The van der Waals surface area contributed by atoms with Gasteiger partial charge in [-0.2, -0.15) is 0 Å². The first kappa shape index (κ1) is 27.0. The number of thioether (sulfide) groups is 1. The monoisotopic (exact) mass is 552 g/mol. The number of benzene rings is 2. The molecule has 2 aliphatic rings. The van der Waals surface area contributed by atoms with Crippen LogP contribution in [0.15, 0.2) is 52.4 Å². The third-order valence-corrected chi connectivity index (χ3v) is 8.10. The molecular formula is C28H32N4O6S. The summed E-state index contributed by atoms with van der Waals surface area (Å²) in [7, 11) is 2.97. The van der Waals surface area contributed by atoms with Crippen molar-refractivity contribution in [2.45, 2.75) is 30.6 Å². The number of aromatic nitrogens is 2. The Morgan fingerprint density at radius 3 is 2.62 bits per heavy atom. The van der Waals surface area contributed by atoms with Crippen molar-refractivity contribution in [1.29, 1.82) is 0 Å². The Morgan fingerprint density at radius 2 is 1.90 bits per heavy atom. The SMILES string of the molecule is COC(=O)c1ccc2c(=O)n(CC3CCCO3)c(SCC(=O)N3CCN(c4ccccc4OC)CC3)nc2c1. The molecule has 0 aliphatic carbocycles. The van der Waals surface area contributed by atoms with Crippen molar-refractivity contribution in [1.82, 2.24) is 14.5 Å². The Bertz CT molecular complexity index is 1410. The molecule has 3 aromatic rings. The van der Waals surface area contributed by atoms with E-state index in [0.29, 0.717) is 61.0 Å². The van der Waals surface area contributed by atoms with Gasteiger partial charge in [0.1, 0.15) is 5.75 Å². The van der Waals surface area contributed by atoms with E-state index in [4.69, 9.17) is 19.2 Å². The first-order valence-corrected chi connectivity index (χ1v) is 14.0. The predicted molar refractivity (Wildman–Crippen MR) is 149 cm³/mol. The average molecular weight is 553 g/mol. The molecule has 2 saturated heterocycles. The van der Waals surface area contributed by atoms with Crippen molar-refractivity contribution in [3.05, 3.63) is 58.4 Å². The number of esters is 1. The number of para-hydroxylation sites is 2. The number of anilines is 1. The minimum Gasteiger partial charge on any atom is -0.495 e. The van der Waals surface area contributed by atoms with Gasteiger partial charge in [0, 0.05) is 32.8 Å². The van der Waals surface area contributed by atoms with Crippen LogP contribution < -0.4 is 15.2 Å². The standard InChI is InChI=1S/C28H32N4O6S/c1-36-24-8-4-3-7-23(24)30-11-13-31(14-12-30)25(33)18-39-28-29-22-16-19(27(35)37-2)9-10-21(22)26(34)32(28)17-20-6-5-15-38-20/h3-4,7-10,16,20H,5-6,11-15,17-18H2,1-2H3. The zero-order valence-electron chi connectivity index (χ0n) is 22.1. The molecule has 2 fully saturated rings. The van der Waals surface area contributed by atoms with Crippen molar-refractivity contribution < 1.29 is 23.8 Å². The fourth-order valence-corrected chi connectivity index (χ4v) is 5.93. The minimum atomic E-state index is -0.501. The highest BCUT2D eigenvalue weighted by Gasteiger charge is 2.25. The largest absolute Gasteiger partial charge is 0.495 e. The summed E-state index contributed by atoms with van der Waals surface area (Å²) in [6.07, 6.45) is 1.74. The lowest BCUT2D eigenvalue weighted by atomic mass is 10.1. The quantitative estimate of drug-likeness (QED) is 0.237. The van der Waals surface area contributed by atoms with E-state index in [1.807, 2.05) is 29.2 Å². The Morgan fingerprint density at radius 1 is 1.10 bits per heavy atom. The molecule has 10 nitrogen and oxygen atoms in total. The molecule has 0 saturated carbocycles. The van der Waals surface area contributed by atoms with E-state index < -0.39 is 5.97 Å². The van der Waals surface area contributed by atoms with E-state index in [1.54, 1.807) is 29.9 Å². The van der Waals surface area contributed by atoms with Gasteiger partial charge in [-0.3, -0.25) is 14.2 Å². The number of hydrogen-bond donors (Lipinski definition) is 0. The molecule has 0 N–H and O–H groups in total. The predicted octanol–water partition coefficient (Wildman–Crippen LogP) is 2.81. The second-order valence-corrected chi connectivity index (χ2v) is 10.4. The van der Waals surface area contributed by atoms with Gasteiger partial charge in [-0.15, -0.1) is 0 Å². The summed E-state index contributed by atoms with van der Waals surface area (Å²) in [5.41, 5.74) is 1.51. The van der Waals surface area contributed by atoms with Crippen LogP contribution in [0.1, 0.15) is 23.2 Å². The van der Waals surface area contributed by atoms with Crippen LogP contribution in [0.3, 0.4) is 0 Å². The Balaban J connectivity index is 1.32. The average Bonchev–Trinajstić information content (AvgIpc) is 3.50. The molecule has 1 amide bonds. The normalized spacial score (nSPS) is 17.4. The first-order valence-electron chi connectivity index (χ1n) is 13.0. The lowest BCUT2D eigenvalue weighted by Crippen LogP contribution is -2.49. The third kappa shape index (κ3) is 5.89. The molecule has 2 aliphatic heterocycles. The molecule has 1 unspecified atom stereocenters. The highest BCUT2D eigenvalue weighted by atomic mass is 32.2. The number of piperazine rings is 1. The molecular weight excluding hydrogens is 520 g/mol. The van der Waals surface area contributed by atoms with E-state index in [0.717, 1.165) is 24.3 Å². The van der Waals surface area contributed by atoms with Crippen LogP contribution in [0.4, 0.5) is 5.69 Å². The van der Waals surface area contributed by atoms with Crippen LogP contribution in [0.5, 0.6) is 5.75 Å². The zero-order valence-corrected chi connectivity index (χ0v) is 22.9. The summed E-state index contributed by atoms with van der Waals surface area (Å²) in [5, 5.41) is 0.842. The van der Waals surface area contributed by atoms with E-state index >= 15 is 0 Å². The second kappa shape index (κ2) is 12.1. The summed E-state index contributed by atoms with van der Waals surface area (Å²) in [6.45, 7) is 3.62.